The average Bonchev–Trinajstić information content (AvgIpc) is 2.87. The second-order valence-electron chi connectivity index (χ2n) is 7.47. The van der Waals surface area contributed by atoms with Gasteiger partial charge in [-0.2, -0.15) is 0 Å². The summed E-state index contributed by atoms with van der Waals surface area (Å²) in [4.78, 5) is 28.8. The van der Waals surface area contributed by atoms with Crippen molar-refractivity contribution in [2.75, 3.05) is 13.7 Å². The van der Waals surface area contributed by atoms with Crippen LogP contribution >= 0.6 is 47.8 Å². The molecule has 0 saturated carbocycles. The standard InChI is InChI=1S/C12H10BrNO.C7H8BrNO.C6H6BrNO.C2H6O/c1-9-7-12(15)14(8-11(9)13)10-5-3-2-4-6-10;1-5-3-7(10-2)9-4-6(5)8;1-4-2-6(9)8-3-5(4)7;1-2-3/h2-8H,1H3;3-4H,1-2H3;2-3H,1H3,(H,8,9);3H,2H2,1H3. The van der Waals surface area contributed by atoms with E-state index in [2.05, 4.69) is 57.8 Å². The lowest BCUT2D eigenvalue weighted by atomic mass is 10.2. The molecule has 0 fully saturated rings. The normalized spacial score (nSPS) is 9.54. The summed E-state index contributed by atoms with van der Waals surface area (Å²) in [5, 5.41) is 7.57. The van der Waals surface area contributed by atoms with Gasteiger partial charge in [0.1, 0.15) is 0 Å². The van der Waals surface area contributed by atoms with E-state index in [-0.39, 0.29) is 17.7 Å². The van der Waals surface area contributed by atoms with Crippen molar-refractivity contribution in [1.29, 1.82) is 0 Å². The molecule has 3 heterocycles. The lowest BCUT2D eigenvalue weighted by Crippen LogP contribution is -2.17. The van der Waals surface area contributed by atoms with Gasteiger partial charge in [0.05, 0.1) is 7.11 Å². The molecule has 0 aliphatic rings. The van der Waals surface area contributed by atoms with Crippen LogP contribution in [0.25, 0.3) is 5.69 Å². The van der Waals surface area contributed by atoms with E-state index in [9.17, 15) is 9.59 Å². The molecule has 7 nitrogen and oxygen atoms in total. The fraction of sp³-hybridized carbons (Fsp3) is 0.222. The Kier molecular flexibility index (Phi) is 15.0. The van der Waals surface area contributed by atoms with Crippen LogP contribution in [0.5, 0.6) is 5.88 Å². The smallest absolute Gasteiger partial charge is 0.255 e. The number of benzene rings is 1. The zero-order valence-electron chi connectivity index (χ0n) is 21.3. The summed E-state index contributed by atoms with van der Waals surface area (Å²) in [5.41, 5.74) is 3.85. The molecule has 0 bridgehead atoms. The Balaban J connectivity index is 0.000000273. The van der Waals surface area contributed by atoms with E-state index in [0.29, 0.717) is 5.88 Å². The number of halogens is 3. The Morgan fingerprint density at radius 1 is 0.919 bits per heavy atom. The predicted octanol–water partition coefficient (Wildman–Crippen LogP) is 6.51. The van der Waals surface area contributed by atoms with Gasteiger partial charge in [0.25, 0.3) is 5.56 Å². The SMILES string of the molecule is CCO.COc1cc(C)c(Br)cn1.Cc1cc(=O)[nH]cc1Br.Cc1cc(=O)n(-c2ccccc2)cc1Br. The van der Waals surface area contributed by atoms with E-state index in [1.54, 1.807) is 49.3 Å². The number of rotatable bonds is 2. The van der Waals surface area contributed by atoms with E-state index < -0.39 is 0 Å². The first kappa shape index (κ1) is 32.5. The molecule has 0 saturated heterocycles. The first-order chi connectivity index (χ1) is 17.5. The maximum atomic E-state index is 11.7. The molecule has 0 atom stereocenters. The van der Waals surface area contributed by atoms with Crippen molar-refractivity contribution < 1.29 is 9.84 Å². The van der Waals surface area contributed by atoms with E-state index in [4.69, 9.17) is 9.84 Å². The molecule has 2 N–H and O–H groups in total. The quantitative estimate of drug-likeness (QED) is 0.249. The fourth-order valence-corrected chi connectivity index (χ4v) is 3.34. The maximum absolute atomic E-state index is 11.7. The molecule has 0 radical (unpaired) electrons. The number of aliphatic hydroxyl groups excluding tert-OH is 1. The number of para-hydroxylation sites is 1. The summed E-state index contributed by atoms with van der Waals surface area (Å²) in [6.45, 7) is 7.70. The molecular formula is C27H30Br3N3O4. The maximum Gasteiger partial charge on any atom is 0.255 e. The molecule has 10 heteroatoms. The summed E-state index contributed by atoms with van der Waals surface area (Å²) in [7, 11) is 1.61. The first-order valence-corrected chi connectivity index (χ1v) is 13.5. The Morgan fingerprint density at radius 3 is 2.00 bits per heavy atom. The van der Waals surface area contributed by atoms with Crippen molar-refractivity contribution in [3.63, 3.8) is 0 Å². The van der Waals surface area contributed by atoms with Crippen molar-refractivity contribution in [3.8, 4) is 11.6 Å². The summed E-state index contributed by atoms with van der Waals surface area (Å²) < 4.78 is 9.42. The number of aromatic nitrogens is 3. The van der Waals surface area contributed by atoms with Crippen LogP contribution in [0.3, 0.4) is 0 Å². The van der Waals surface area contributed by atoms with Crippen molar-refractivity contribution >= 4 is 47.8 Å². The fourth-order valence-electron chi connectivity index (χ4n) is 2.57. The molecule has 0 amide bonds. The van der Waals surface area contributed by atoms with Gasteiger partial charge < -0.3 is 14.8 Å². The average molecular weight is 700 g/mol. The summed E-state index contributed by atoms with van der Waals surface area (Å²) >= 11 is 10.0. The minimum Gasteiger partial charge on any atom is -0.481 e. The second kappa shape index (κ2) is 17.1. The minimum absolute atomic E-state index is 0.0121. The van der Waals surface area contributed by atoms with Crippen molar-refractivity contribution in [2.45, 2.75) is 27.7 Å². The lowest BCUT2D eigenvalue weighted by Gasteiger charge is -2.06. The number of methoxy groups -OCH3 is 1. The van der Waals surface area contributed by atoms with Gasteiger partial charge in [0.15, 0.2) is 0 Å². The van der Waals surface area contributed by atoms with Crippen LogP contribution in [0.1, 0.15) is 23.6 Å². The molecule has 198 valence electrons. The number of ether oxygens (including phenoxy) is 1. The molecule has 0 spiro atoms. The van der Waals surface area contributed by atoms with Gasteiger partial charge in [0.2, 0.25) is 11.4 Å². The van der Waals surface area contributed by atoms with Crippen LogP contribution < -0.4 is 15.9 Å². The molecule has 0 aliphatic heterocycles. The number of aliphatic hydroxyl groups is 1. The highest BCUT2D eigenvalue weighted by atomic mass is 79.9. The molecule has 0 aliphatic carbocycles. The van der Waals surface area contributed by atoms with Gasteiger partial charge in [-0.15, -0.1) is 0 Å². The Hall–Kier alpha value is -2.53. The Bertz CT molecular complexity index is 1370. The van der Waals surface area contributed by atoms with Crippen molar-refractivity contribution in [2.24, 2.45) is 0 Å². The van der Waals surface area contributed by atoms with E-state index in [0.717, 1.165) is 35.8 Å². The van der Waals surface area contributed by atoms with Gasteiger partial charge in [-0.1, -0.05) is 18.2 Å². The van der Waals surface area contributed by atoms with Gasteiger partial charge in [-0.25, -0.2) is 4.98 Å². The Labute approximate surface area is 242 Å². The van der Waals surface area contributed by atoms with Crippen molar-refractivity contribution in [3.05, 3.63) is 118 Å². The topological polar surface area (TPSA) is 97.2 Å². The molecule has 1 aromatic carbocycles. The number of hydrogen-bond donors (Lipinski definition) is 2. The highest BCUT2D eigenvalue weighted by molar-refractivity contribution is 9.11. The molecular weight excluding hydrogens is 670 g/mol. The molecule has 4 rings (SSSR count). The van der Waals surface area contributed by atoms with Crippen LogP contribution in [0, 0.1) is 20.8 Å². The third-order valence-electron chi connectivity index (χ3n) is 4.53. The second-order valence-corrected chi connectivity index (χ2v) is 10.0. The monoisotopic (exact) mass is 697 g/mol. The molecule has 3 aromatic heterocycles. The number of aromatic amines is 1. The molecule has 4 aromatic rings. The Morgan fingerprint density at radius 2 is 1.49 bits per heavy atom. The van der Waals surface area contributed by atoms with E-state index in [1.165, 1.54) is 0 Å². The zero-order chi connectivity index (χ0) is 28.0. The lowest BCUT2D eigenvalue weighted by molar-refractivity contribution is 0.318. The third kappa shape index (κ3) is 11.6. The van der Waals surface area contributed by atoms with Crippen LogP contribution in [0.2, 0.25) is 0 Å². The summed E-state index contributed by atoms with van der Waals surface area (Å²) in [5.74, 6) is 0.653. The highest BCUT2D eigenvalue weighted by Gasteiger charge is 2.02. The van der Waals surface area contributed by atoms with Gasteiger partial charge in [-0.3, -0.25) is 14.2 Å². The first-order valence-electron chi connectivity index (χ1n) is 11.1. The third-order valence-corrected chi connectivity index (χ3v) is 7.04. The van der Waals surface area contributed by atoms with Crippen LogP contribution in [0.4, 0.5) is 0 Å². The number of H-pyrrole nitrogens is 1. The van der Waals surface area contributed by atoms with E-state index in [1.807, 2.05) is 57.2 Å². The summed E-state index contributed by atoms with van der Waals surface area (Å²) in [6, 6.07) is 14.6. The van der Waals surface area contributed by atoms with Crippen LogP contribution in [0.15, 0.2) is 90.1 Å². The van der Waals surface area contributed by atoms with Gasteiger partial charge >= 0.3 is 0 Å². The van der Waals surface area contributed by atoms with E-state index >= 15 is 0 Å². The highest BCUT2D eigenvalue weighted by Crippen LogP contribution is 2.18. The summed E-state index contributed by atoms with van der Waals surface area (Å²) in [6.07, 6.45) is 5.17. The van der Waals surface area contributed by atoms with Gasteiger partial charge in [0, 0.05) is 62.5 Å². The van der Waals surface area contributed by atoms with Crippen LogP contribution in [-0.4, -0.2) is 33.4 Å². The number of hydrogen-bond acceptors (Lipinski definition) is 5. The number of nitrogens with zero attached hydrogens (tertiary/aromatic N) is 2. The van der Waals surface area contributed by atoms with Crippen molar-refractivity contribution in [1.82, 2.24) is 14.5 Å². The van der Waals surface area contributed by atoms with Crippen LogP contribution in [-0.2, 0) is 0 Å². The minimum atomic E-state index is -0.0595. The predicted molar refractivity (Wildman–Crippen MR) is 160 cm³/mol. The number of pyridine rings is 3. The molecule has 0 unspecified atom stereocenters. The number of aryl methyl sites for hydroxylation is 3. The zero-order valence-corrected chi connectivity index (χ0v) is 26.0. The largest absolute Gasteiger partial charge is 0.481 e. The number of nitrogens with one attached hydrogen (secondary N) is 1. The molecule has 37 heavy (non-hydrogen) atoms. The van der Waals surface area contributed by atoms with Gasteiger partial charge in [-0.05, 0) is 104 Å².